The lowest BCUT2D eigenvalue weighted by atomic mass is 10.1. The van der Waals surface area contributed by atoms with E-state index in [1.165, 1.54) is 0 Å². The molecule has 3 nitrogen and oxygen atoms in total. The first-order chi connectivity index (χ1) is 4.22. The fraction of sp³-hybridized carbons (Fsp3) is 0.667. The summed E-state index contributed by atoms with van der Waals surface area (Å²) >= 11 is 0. The highest BCUT2D eigenvalue weighted by Crippen LogP contribution is 2.00. The van der Waals surface area contributed by atoms with Crippen LogP contribution in [0.3, 0.4) is 0 Å². The summed E-state index contributed by atoms with van der Waals surface area (Å²) in [4.78, 5) is 14.7. The van der Waals surface area contributed by atoms with E-state index < -0.39 is 0 Å². The zero-order chi connectivity index (χ0) is 6.85. The van der Waals surface area contributed by atoms with Gasteiger partial charge in [0.25, 0.3) is 5.91 Å². The molecule has 3 heteroatoms. The molecule has 50 valence electrons. The number of carbonyl (C=O) groups is 1. The maximum absolute atomic E-state index is 10.8. The summed E-state index contributed by atoms with van der Waals surface area (Å²) in [6, 6.07) is 0. The van der Waals surface area contributed by atoms with Crippen LogP contribution in [-0.2, 0) is 4.79 Å². The Kier molecular flexibility index (Phi) is 1.51. The fourth-order valence-corrected chi connectivity index (χ4v) is 0.804. The number of amides is 1. The van der Waals surface area contributed by atoms with Crippen LogP contribution in [0.5, 0.6) is 0 Å². The molecule has 1 aliphatic rings. The summed E-state index contributed by atoms with van der Waals surface area (Å²) in [7, 11) is 0. The Balaban J connectivity index is 2.68. The molecule has 0 aliphatic carbocycles. The van der Waals surface area contributed by atoms with Crippen molar-refractivity contribution in [2.75, 3.05) is 6.67 Å². The predicted octanol–water partition coefficient (Wildman–Crippen LogP) is 0.171. The molecule has 1 N–H and O–H groups in total. The van der Waals surface area contributed by atoms with Gasteiger partial charge in [0.05, 0.1) is 0 Å². The summed E-state index contributed by atoms with van der Waals surface area (Å²) in [5, 5.41) is 2.61. The number of aliphatic imine (C=N–C) groups is 1. The summed E-state index contributed by atoms with van der Waals surface area (Å²) in [6.45, 7) is 4.39. The van der Waals surface area contributed by atoms with Crippen LogP contribution in [0.25, 0.3) is 0 Å². The van der Waals surface area contributed by atoms with Crippen molar-refractivity contribution >= 4 is 11.6 Å². The number of hydrogen-bond acceptors (Lipinski definition) is 2. The Morgan fingerprint density at radius 3 is 2.56 bits per heavy atom. The summed E-state index contributed by atoms with van der Waals surface area (Å²) in [6.07, 6.45) is 0. The third-order valence-electron chi connectivity index (χ3n) is 1.27. The van der Waals surface area contributed by atoms with Crippen LogP contribution >= 0.6 is 0 Å². The van der Waals surface area contributed by atoms with Crippen LogP contribution in [0.2, 0.25) is 0 Å². The Labute approximate surface area is 54.2 Å². The molecule has 1 aliphatic heterocycles. The lowest BCUT2D eigenvalue weighted by Gasteiger charge is -1.98. The molecule has 0 saturated carbocycles. The number of carbonyl (C=O) groups excluding carboxylic acids is 1. The van der Waals surface area contributed by atoms with Crippen LogP contribution in [0, 0.1) is 5.92 Å². The highest BCUT2D eigenvalue weighted by molar-refractivity contribution is 6.40. The Bertz CT molecular complexity index is 160. The molecular weight excluding hydrogens is 116 g/mol. The second kappa shape index (κ2) is 2.17. The highest BCUT2D eigenvalue weighted by Gasteiger charge is 2.18. The molecule has 0 aromatic carbocycles. The molecule has 1 heterocycles. The standard InChI is InChI=1S/C6H10N2O/c1-4(2)5-6(9)8-3-7-5/h4H,3H2,1-2H3,(H,8,9). The lowest BCUT2D eigenvalue weighted by molar-refractivity contribution is -0.114. The van der Waals surface area contributed by atoms with Crippen molar-refractivity contribution in [3.8, 4) is 0 Å². The molecule has 1 rings (SSSR count). The van der Waals surface area contributed by atoms with Crippen LogP contribution < -0.4 is 5.32 Å². The zero-order valence-corrected chi connectivity index (χ0v) is 5.64. The average molecular weight is 126 g/mol. The topological polar surface area (TPSA) is 41.5 Å². The fourth-order valence-electron chi connectivity index (χ4n) is 0.804. The third-order valence-corrected chi connectivity index (χ3v) is 1.27. The summed E-state index contributed by atoms with van der Waals surface area (Å²) < 4.78 is 0. The number of nitrogens with one attached hydrogen (secondary N) is 1. The van der Waals surface area contributed by atoms with Gasteiger partial charge in [0.1, 0.15) is 12.4 Å². The monoisotopic (exact) mass is 126 g/mol. The maximum atomic E-state index is 10.8. The summed E-state index contributed by atoms with van der Waals surface area (Å²) in [5.74, 6) is 0.248. The molecular formula is C6H10N2O. The van der Waals surface area contributed by atoms with E-state index in [-0.39, 0.29) is 11.8 Å². The van der Waals surface area contributed by atoms with Crippen molar-refractivity contribution in [1.82, 2.24) is 5.32 Å². The van der Waals surface area contributed by atoms with Crippen molar-refractivity contribution in [2.45, 2.75) is 13.8 Å². The van der Waals surface area contributed by atoms with E-state index in [0.29, 0.717) is 12.4 Å². The van der Waals surface area contributed by atoms with Crippen LogP contribution in [0.4, 0.5) is 0 Å². The normalized spacial score (nSPS) is 18.1. The smallest absolute Gasteiger partial charge is 0.266 e. The van der Waals surface area contributed by atoms with Gasteiger partial charge in [-0.25, -0.2) is 0 Å². The van der Waals surface area contributed by atoms with Crippen LogP contribution in [-0.4, -0.2) is 18.3 Å². The van der Waals surface area contributed by atoms with E-state index in [2.05, 4.69) is 10.3 Å². The highest BCUT2D eigenvalue weighted by atomic mass is 16.2. The maximum Gasteiger partial charge on any atom is 0.266 e. The molecule has 0 spiro atoms. The van der Waals surface area contributed by atoms with Crippen molar-refractivity contribution in [3.63, 3.8) is 0 Å². The van der Waals surface area contributed by atoms with Gasteiger partial charge in [0.2, 0.25) is 0 Å². The number of rotatable bonds is 1. The summed E-state index contributed by atoms with van der Waals surface area (Å²) in [5.41, 5.74) is 0.676. The largest absolute Gasteiger partial charge is 0.332 e. The van der Waals surface area contributed by atoms with Crippen LogP contribution in [0.1, 0.15) is 13.8 Å². The van der Waals surface area contributed by atoms with Gasteiger partial charge < -0.3 is 5.32 Å². The van der Waals surface area contributed by atoms with Crippen molar-refractivity contribution in [1.29, 1.82) is 0 Å². The van der Waals surface area contributed by atoms with Gasteiger partial charge in [-0.15, -0.1) is 0 Å². The predicted molar refractivity (Wildman–Crippen MR) is 35.3 cm³/mol. The van der Waals surface area contributed by atoms with E-state index >= 15 is 0 Å². The van der Waals surface area contributed by atoms with Gasteiger partial charge in [-0.3, -0.25) is 9.79 Å². The Morgan fingerprint density at radius 1 is 1.67 bits per heavy atom. The molecule has 0 unspecified atom stereocenters. The molecule has 1 amide bonds. The van der Waals surface area contributed by atoms with Gasteiger partial charge in [-0.2, -0.15) is 0 Å². The Hall–Kier alpha value is -0.860. The van der Waals surface area contributed by atoms with Gasteiger partial charge in [0.15, 0.2) is 0 Å². The van der Waals surface area contributed by atoms with Gasteiger partial charge in [-0.1, -0.05) is 13.8 Å². The van der Waals surface area contributed by atoms with Gasteiger partial charge >= 0.3 is 0 Å². The average Bonchev–Trinajstić information content (AvgIpc) is 2.13. The molecule has 9 heavy (non-hydrogen) atoms. The molecule has 0 bridgehead atoms. The molecule has 0 atom stereocenters. The minimum absolute atomic E-state index is 0.00926. The number of nitrogens with zero attached hydrogens (tertiary/aromatic N) is 1. The van der Waals surface area contributed by atoms with E-state index in [1.54, 1.807) is 0 Å². The Morgan fingerprint density at radius 2 is 2.33 bits per heavy atom. The van der Waals surface area contributed by atoms with Gasteiger partial charge in [0, 0.05) is 5.92 Å². The van der Waals surface area contributed by atoms with Crippen molar-refractivity contribution in [2.24, 2.45) is 10.9 Å². The molecule has 0 aromatic rings. The molecule has 0 fully saturated rings. The third kappa shape index (κ3) is 1.09. The quantitative estimate of drug-likeness (QED) is 0.534. The molecule has 0 saturated heterocycles. The first-order valence-corrected chi connectivity index (χ1v) is 3.04. The SMILES string of the molecule is CC(C)C1=NCNC1=O. The zero-order valence-electron chi connectivity index (χ0n) is 5.64. The second-order valence-corrected chi connectivity index (χ2v) is 2.36. The van der Waals surface area contributed by atoms with E-state index in [4.69, 9.17) is 0 Å². The minimum atomic E-state index is -0.00926. The van der Waals surface area contributed by atoms with E-state index in [0.717, 1.165) is 0 Å². The molecule has 0 aromatic heterocycles. The lowest BCUT2D eigenvalue weighted by Crippen LogP contribution is -2.25. The van der Waals surface area contributed by atoms with Crippen LogP contribution in [0.15, 0.2) is 4.99 Å². The van der Waals surface area contributed by atoms with E-state index in [9.17, 15) is 4.79 Å². The van der Waals surface area contributed by atoms with Crippen molar-refractivity contribution in [3.05, 3.63) is 0 Å². The first-order valence-electron chi connectivity index (χ1n) is 3.04. The first kappa shape index (κ1) is 6.26. The van der Waals surface area contributed by atoms with Crippen molar-refractivity contribution < 1.29 is 4.79 Å². The molecule has 0 radical (unpaired) electrons. The van der Waals surface area contributed by atoms with E-state index in [1.807, 2.05) is 13.8 Å². The minimum Gasteiger partial charge on any atom is -0.332 e. The van der Waals surface area contributed by atoms with Gasteiger partial charge in [-0.05, 0) is 0 Å². The second-order valence-electron chi connectivity index (χ2n) is 2.36. The number of hydrogen-bond donors (Lipinski definition) is 1.